The van der Waals surface area contributed by atoms with Crippen molar-refractivity contribution < 1.29 is 23.5 Å². The van der Waals surface area contributed by atoms with Crippen molar-refractivity contribution in [2.75, 3.05) is 5.32 Å². The molecular weight excluding hydrogens is 324 g/mol. The first kappa shape index (κ1) is 15.6. The smallest absolute Gasteiger partial charge is 0.339 e. The van der Waals surface area contributed by atoms with Crippen LogP contribution in [0, 0.1) is 0 Å². The van der Waals surface area contributed by atoms with Crippen LogP contribution in [-0.4, -0.2) is 22.9 Å². The number of thiophene rings is 1. The molecule has 1 aliphatic rings. The Bertz CT molecular complexity index is 771. The van der Waals surface area contributed by atoms with Crippen LogP contribution < -0.4 is 5.32 Å². The minimum atomic E-state index is -2.83. The van der Waals surface area contributed by atoms with Crippen molar-refractivity contribution in [1.29, 1.82) is 0 Å². The molecule has 7 heteroatoms. The van der Waals surface area contributed by atoms with E-state index in [4.69, 9.17) is 0 Å². The van der Waals surface area contributed by atoms with Crippen LogP contribution in [0.4, 0.5) is 13.8 Å². The van der Waals surface area contributed by atoms with E-state index in [1.165, 1.54) is 0 Å². The van der Waals surface area contributed by atoms with Crippen molar-refractivity contribution in [3.8, 4) is 0 Å². The number of carbonyl (C=O) groups is 2. The second-order valence-electron chi connectivity index (χ2n) is 5.37. The lowest BCUT2D eigenvalue weighted by Gasteiger charge is -2.21. The molecule has 0 saturated carbocycles. The number of benzene rings is 1. The van der Waals surface area contributed by atoms with E-state index in [0.717, 1.165) is 11.3 Å². The Balaban J connectivity index is 1.95. The zero-order valence-corrected chi connectivity index (χ0v) is 12.8. The maximum atomic E-state index is 13.5. The van der Waals surface area contributed by atoms with E-state index < -0.39 is 24.2 Å². The van der Waals surface area contributed by atoms with Gasteiger partial charge in [-0.3, -0.25) is 4.79 Å². The first-order valence-electron chi connectivity index (χ1n) is 6.99. The Morgan fingerprint density at radius 1 is 1.22 bits per heavy atom. The summed E-state index contributed by atoms with van der Waals surface area (Å²) in [5, 5.41) is 12.1. The highest BCUT2D eigenvalue weighted by molar-refractivity contribution is 7.17. The van der Waals surface area contributed by atoms with Crippen molar-refractivity contribution in [1.82, 2.24) is 0 Å². The number of fused-ring (bicyclic) bond motifs is 1. The van der Waals surface area contributed by atoms with E-state index in [9.17, 15) is 23.5 Å². The number of hydrogen-bond acceptors (Lipinski definition) is 3. The van der Waals surface area contributed by atoms with Crippen LogP contribution in [-0.2, 0) is 12.8 Å². The lowest BCUT2D eigenvalue weighted by atomic mass is 9.93. The van der Waals surface area contributed by atoms with Gasteiger partial charge in [0.25, 0.3) is 11.8 Å². The maximum absolute atomic E-state index is 13.5. The largest absolute Gasteiger partial charge is 0.478 e. The summed E-state index contributed by atoms with van der Waals surface area (Å²) in [5.74, 6) is -4.50. The molecule has 1 aliphatic carbocycles. The topological polar surface area (TPSA) is 66.4 Å². The molecule has 0 saturated heterocycles. The van der Waals surface area contributed by atoms with Gasteiger partial charge in [0.2, 0.25) is 0 Å². The van der Waals surface area contributed by atoms with E-state index in [1.54, 1.807) is 30.3 Å². The normalized spacial score (nSPS) is 15.7. The Morgan fingerprint density at radius 3 is 2.57 bits per heavy atom. The molecule has 0 atom stereocenters. The molecule has 0 aliphatic heterocycles. The molecule has 2 aromatic rings. The summed E-state index contributed by atoms with van der Waals surface area (Å²) < 4.78 is 27.0. The predicted molar refractivity (Wildman–Crippen MR) is 82.6 cm³/mol. The quantitative estimate of drug-likeness (QED) is 0.895. The molecule has 4 nitrogen and oxygen atoms in total. The van der Waals surface area contributed by atoms with E-state index >= 15 is 0 Å². The predicted octanol–water partition coefficient (Wildman–Crippen LogP) is 3.82. The lowest BCUT2D eigenvalue weighted by molar-refractivity contribution is -0.0113. The van der Waals surface area contributed by atoms with Gasteiger partial charge >= 0.3 is 5.97 Å². The molecule has 0 unspecified atom stereocenters. The summed E-state index contributed by atoms with van der Waals surface area (Å²) in [6.07, 6.45) is -0.848. The van der Waals surface area contributed by atoms with Crippen LogP contribution in [0.25, 0.3) is 0 Å². The van der Waals surface area contributed by atoms with Crippen molar-refractivity contribution >= 4 is 28.2 Å². The fraction of sp³-hybridized carbons (Fsp3) is 0.250. The summed E-state index contributed by atoms with van der Waals surface area (Å²) >= 11 is 0.923. The van der Waals surface area contributed by atoms with Gasteiger partial charge in [-0.2, -0.15) is 0 Å². The van der Waals surface area contributed by atoms with Crippen molar-refractivity contribution in [2.45, 2.75) is 25.2 Å². The van der Waals surface area contributed by atoms with Gasteiger partial charge in [-0.25, -0.2) is 13.6 Å². The molecular formula is C16H13F2NO3S. The van der Waals surface area contributed by atoms with Gasteiger partial charge < -0.3 is 10.4 Å². The number of hydrogen-bond donors (Lipinski definition) is 2. The minimum absolute atomic E-state index is 0.00166. The SMILES string of the molecule is O=C(Nc1sc2c(c1C(=O)O)CCC(F)(F)C2)c1ccccc1. The second-order valence-corrected chi connectivity index (χ2v) is 6.47. The summed E-state index contributed by atoms with van der Waals surface area (Å²) in [4.78, 5) is 24.0. The van der Waals surface area contributed by atoms with Gasteiger partial charge in [0.1, 0.15) is 5.00 Å². The molecule has 1 heterocycles. The summed E-state index contributed by atoms with van der Waals surface area (Å²) in [6.45, 7) is 0. The lowest BCUT2D eigenvalue weighted by Crippen LogP contribution is -2.25. The van der Waals surface area contributed by atoms with Crippen molar-refractivity contribution in [3.05, 3.63) is 51.9 Å². The molecule has 1 aromatic heterocycles. The van der Waals surface area contributed by atoms with Crippen LogP contribution in [0.1, 0.15) is 37.6 Å². The van der Waals surface area contributed by atoms with Gasteiger partial charge in [-0.1, -0.05) is 18.2 Å². The monoisotopic (exact) mass is 337 g/mol. The van der Waals surface area contributed by atoms with Crippen molar-refractivity contribution in [2.24, 2.45) is 0 Å². The minimum Gasteiger partial charge on any atom is -0.478 e. The number of carbonyl (C=O) groups excluding carboxylic acids is 1. The Morgan fingerprint density at radius 2 is 1.91 bits per heavy atom. The summed E-state index contributed by atoms with van der Waals surface area (Å²) in [7, 11) is 0. The molecule has 1 amide bonds. The number of nitrogens with one attached hydrogen (secondary N) is 1. The number of amides is 1. The van der Waals surface area contributed by atoms with Gasteiger partial charge in [-0.05, 0) is 24.1 Å². The Kier molecular flexibility index (Phi) is 3.89. The van der Waals surface area contributed by atoms with E-state index in [0.29, 0.717) is 16.0 Å². The third-order valence-corrected chi connectivity index (χ3v) is 4.87. The Hall–Kier alpha value is -2.28. The van der Waals surface area contributed by atoms with Gasteiger partial charge in [-0.15, -0.1) is 11.3 Å². The second kappa shape index (κ2) is 5.73. The van der Waals surface area contributed by atoms with Crippen LogP contribution in [0.2, 0.25) is 0 Å². The fourth-order valence-electron chi connectivity index (χ4n) is 2.63. The molecule has 0 spiro atoms. The average molecular weight is 337 g/mol. The summed E-state index contributed by atoms with van der Waals surface area (Å²) in [5.41, 5.74) is 0.724. The molecule has 0 bridgehead atoms. The summed E-state index contributed by atoms with van der Waals surface area (Å²) in [6, 6.07) is 8.32. The maximum Gasteiger partial charge on any atom is 0.339 e. The van der Waals surface area contributed by atoms with Gasteiger partial charge in [0.05, 0.1) is 5.56 Å². The van der Waals surface area contributed by atoms with E-state index in [2.05, 4.69) is 5.32 Å². The molecule has 0 fully saturated rings. The third kappa shape index (κ3) is 3.10. The third-order valence-electron chi connectivity index (χ3n) is 3.73. The van der Waals surface area contributed by atoms with Crippen LogP contribution in [0.3, 0.4) is 0 Å². The molecule has 23 heavy (non-hydrogen) atoms. The molecule has 0 radical (unpaired) electrons. The highest BCUT2D eigenvalue weighted by Crippen LogP contribution is 2.42. The van der Waals surface area contributed by atoms with Gasteiger partial charge in [0, 0.05) is 23.3 Å². The number of carboxylic acid groups (broad SMARTS) is 1. The highest BCUT2D eigenvalue weighted by Gasteiger charge is 2.38. The van der Waals surface area contributed by atoms with Crippen molar-refractivity contribution in [3.63, 3.8) is 0 Å². The number of anilines is 1. The highest BCUT2D eigenvalue weighted by atomic mass is 32.1. The van der Waals surface area contributed by atoms with Gasteiger partial charge in [0.15, 0.2) is 0 Å². The Labute approximate surface area is 134 Å². The standard InChI is InChI=1S/C16H13F2NO3S/c17-16(18)7-6-10-11(8-16)23-14(12(10)15(21)22)19-13(20)9-4-2-1-3-5-9/h1-5H,6-8H2,(H,19,20)(H,21,22). The average Bonchev–Trinajstić information content (AvgIpc) is 2.83. The number of carboxylic acids is 1. The zero-order valence-electron chi connectivity index (χ0n) is 11.9. The van der Waals surface area contributed by atoms with Crippen LogP contribution in [0.5, 0.6) is 0 Å². The molecule has 2 N–H and O–H groups in total. The zero-order chi connectivity index (χ0) is 16.6. The van der Waals surface area contributed by atoms with Crippen LogP contribution >= 0.6 is 11.3 Å². The number of halogens is 2. The first-order valence-corrected chi connectivity index (χ1v) is 7.81. The fourth-order valence-corrected chi connectivity index (χ4v) is 3.94. The van der Waals surface area contributed by atoms with Crippen LogP contribution in [0.15, 0.2) is 30.3 Å². The number of rotatable bonds is 3. The van der Waals surface area contributed by atoms with E-state index in [-0.39, 0.29) is 23.4 Å². The first-order chi connectivity index (χ1) is 10.9. The molecule has 120 valence electrons. The molecule has 3 rings (SSSR count). The molecule has 1 aromatic carbocycles. The number of alkyl halides is 2. The van der Waals surface area contributed by atoms with E-state index in [1.807, 2.05) is 0 Å². The number of aromatic carboxylic acids is 1.